The Hall–Kier alpha value is -2.44. The molecule has 0 saturated heterocycles. The quantitative estimate of drug-likeness (QED) is 0.320. The van der Waals surface area contributed by atoms with E-state index in [1.54, 1.807) is 0 Å². The van der Waals surface area contributed by atoms with Crippen LogP contribution in [0.4, 0.5) is 0 Å². The highest BCUT2D eigenvalue weighted by atomic mass is 79.9. The molecule has 4 aromatic rings. The van der Waals surface area contributed by atoms with Gasteiger partial charge in [0.25, 0.3) is 5.89 Å². The van der Waals surface area contributed by atoms with Crippen LogP contribution in [-0.4, -0.2) is 20.0 Å². The van der Waals surface area contributed by atoms with Crippen LogP contribution in [0.3, 0.4) is 0 Å². The number of benzene rings is 2. The molecule has 29 heavy (non-hydrogen) atoms. The Morgan fingerprint density at radius 1 is 1.10 bits per heavy atom. The van der Waals surface area contributed by atoms with E-state index in [4.69, 9.17) is 21.1 Å². The molecule has 4 rings (SSSR count). The van der Waals surface area contributed by atoms with E-state index in [1.165, 1.54) is 0 Å². The van der Waals surface area contributed by atoms with Crippen molar-refractivity contribution in [2.45, 2.75) is 33.1 Å². The molecule has 0 radical (unpaired) electrons. The summed E-state index contributed by atoms with van der Waals surface area (Å²) in [6.45, 7) is 6.18. The van der Waals surface area contributed by atoms with E-state index in [2.05, 4.69) is 40.0 Å². The van der Waals surface area contributed by atoms with Crippen LogP contribution in [0, 0.1) is 6.92 Å². The lowest BCUT2D eigenvalue weighted by Gasteiger charge is -2.10. The average Bonchev–Trinajstić information content (AvgIpc) is 3.33. The summed E-state index contributed by atoms with van der Waals surface area (Å²) < 4.78 is 8.82. The van der Waals surface area contributed by atoms with Crippen LogP contribution in [0.2, 0.25) is 5.02 Å². The number of para-hydroxylation sites is 1. The van der Waals surface area contributed by atoms with E-state index in [-0.39, 0.29) is 5.92 Å². The zero-order chi connectivity index (χ0) is 20.5. The van der Waals surface area contributed by atoms with Gasteiger partial charge in [0.05, 0.1) is 16.4 Å². The summed E-state index contributed by atoms with van der Waals surface area (Å²) in [4.78, 5) is 0. The maximum Gasteiger partial charge on any atom is 0.268 e. The van der Waals surface area contributed by atoms with E-state index >= 15 is 0 Å². The van der Waals surface area contributed by atoms with Gasteiger partial charge in [0.15, 0.2) is 5.69 Å². The molecule has 2 aromatic carbocycles. The Morgan fingerprint density at radius 2 is 1.83 bits per heavy atom. The predicted molar refractivity (Wildman–Crippen MR) is 118 cm³/mol. The topological polar surface area (TPSA) is 56.7 Å². The van der Waals surface area contributed by atoms with Crippen LogP contribution in [0.25, 0.3) is 28.5 Å². The van der Waals surface area contributed by atoms with Crippen molar-refractivity contribution >= 4 is 27.5 Å². The first-order valence-corrected chi connectivity index (χ1v) is 10.6. The first-order valence-electron chi connectivity index (χ1n) is 9.43. The second-order valence-electron chi connectivity index (χ2n) is 6.95. The Kier molecular flexibility index (Phi) is 5.56. The predicted octanol–water partition coefficient (Wildman–Crippen LogP) is 6.83. The van der Waals surface area contributed by atoms with Gasteiger partial charge >= 0.3 is 0 Å². The maximum atomic E-state index is 6.50. The van der Waals surface area contributed by atoms with Crippen molar-refractivity contribution in [3.63, 3.8) is 0 Å². The number of hydrogen-bond acceptors (Lipinski definition) is 4. The SMILES string of the molecule is CCC(C)c1nnc(-c2nn(-c3ccccc3Cl)c(-c3ccc(Br)cc3)c2C)o1. The summed E-state index contributed by atoms with van der Waals surface area (Å²) >= 11 is 10.00. The molecule has 0 amide bonds. The molecule has 0 aliphatic carbocycles. The van der Waals surface area contributed by atoms with E-state index in [0.717, 1.165) is 33.4 Å². The van der Waals surface area contributed by atoms with E-state index in [0.29, 0.717) is 22.5 Å². The minimum Gasteiger partial charge on any atom is -0.419 e. The molecule has 0 fully saturated rings. The third-order valence-corrected chi connectivity index (χ3v) is 5.85. The number of nitrogens with zero attached hydrogens (tertiary/aromatic N) is 4. The van der Waals surface area contributed by atoms with Crippen LogP contribution in [-0.2, 0) is 0 Å². The summed E-state index contributed by atoms with van der Waals surface area (Å²) in [6.07, 6.45) is 0.929. The summed E-state index contributed by atoms with van der Waals surface area (Å²) in [5.41, 5.74) is 4.36. The Morgan fingerprint density at radius 3 is 2.52 bits per heavy atom. The van der Waals surface area contributed by atoms with Gasteiger partial charge in [0.2, 0.25) is 5.89 Å². The van der Waals surface area contributed by atoms with Crippen LogP contribution in [0.1, 0.15) is 37.6 Å². The molecule has 5 nitrogen and oxygen atoms in total. The summed E-state index contributed by atoms with van der Waals surface area (Å²) in [6, 6.07) is 15.7. The van der Waals surface area contributed by atoms with E-state index in [1.807, 2.05) is 60.1 Å². The van der Waals surface area contributed by atoms with Gasteiger partial charge in [-0.25, -0.2) is 4.68 Å². The molecule has 148 valence electrons. The normalized spacial score (nSPS) is 12.3. The van der Waals surface area contributed by atoms with Crippen molar-refractivity contribution in [1.82, 2.24) is 20.0 Å². The molecular weight excluding hydrogens is 452 g/mol. The lowest BCUT2D eigenvalue weighted by atomic mass is 10.1. The zero-order valence-corrected chi connectivity index (χ0v) is 18.7. The molecule has 0 spiro atoms. The Balaban J connectivity index is 1.93. The van der Waals surface area contributed by atoms with Gasteiger partial charge in [-0.3, -0.25) is 0 Å². The number of hydrogen-bond donors (Lipinski definition) is 0. The molecule has 2 aromatic heterocycles. The van der Waals surface area contributed by atoms with Crippen molar-refractivity contribution < 1.29 is 4.42 Å². The lowest BCUT2D eigenvalue weighted by molar-refractivity contribution is 0.460. The van der Waals surface area contributed by atoms with Crippen molar-refractivity contribution in [3.8, 4) is 28.5 Å². The van der Waals surface area contributed by atoms with Crippen molar-refractivity contribution in [2.75, 3.05) is 0 Å². The van der Waals surface area contributed by atoms with E-state index in [9.17, 15) is 0 Å². The van der Waals surface area contributed by atoms with Gasteiger partial charge in [0.1, 0.15) is 0 Å². The van der Waals surface area contributed by atoms with Crippen LogP contribution < -0.4 is 0 Å². The number of rotatable bonds is 5. The second-order valence-corrected chi connectivity index (χ2v) is 8.27. The van der Waals surface area contributed by atoms with Gasteiger partial charge in [0, 0.05) is 21.5 Å². The molecule has 0 N–H and O–H groups in total. The Bertz CT molecular complexity index is 1150. The van der Waals surface area contributed by atoms with Gasteiger partial charge in [-0.15, -0.1) is 10.2 Å². The second kappa shape index (κ2) is 8.13. The van der Waals surface area contributed by atoms with Gasteiger partial charge in [-0.05, 0) is 37.6 Å². The molecule has 7 heteroatoms. The minimum atomic E-state index is 0.202. The summed E-state index contributed by atoms with van der Waals surface area (Å²) in [7, 11) is 0. The smallest absolute Gasteiger partial charge is 0.268 e. The summed E-state index contributed by atoms with van der Waals surface area (Å²) in [5, 5.41) is 13.9. The van der Waals surface area contributed by atoms with Crippen molar-refractivity contribution in [2.24, 2.45) is 0 Å². The zero-order valence-electron chi connectivity index (χ0n) is 16.4. The molecule has 1 unspecified atom stereocenters. The largest absolute Gasteiger partial charge is 0.419 e. The van der Waals surface area contributed by atoms with Crippen LogP contribution in [0.15, 0.2) is 57.4 Å². The van der Waals surface area contributed by atoms with Crippen molar-refractivity contribution in [3.05, 3.63) is 69.5 Å². The van der Waals surface area contributed by atoms with Crippen LogP contribution >= 0.6 is 27.5 Å². The standard InChI is InChI=1S/C22H20BrClN4O/c1-4-13(2)21-25-26-22(29-21)19-14(3)20(15-9-11-16(23)12-10-15)28(27-19)18-8-6-5-7-17(18)24/h5-13H,4H2,1-3H3. The molecule has 0 aliphatic rings. The molecule has 0 aliphatic heterocycles. The average molecular weight is 472 g/mol. The van der Waals surface area contributed by atoms with Gasteiger partial charge in [-0.1, -0.05) is 65.6 Å². The fourth-order valence-electron chi connectivity index (χ4n) is 3.15. The maximum absolute atomic E-state index is 6.50. The molecular formula is C22H20BrClN4O. The minimum absolute atomic E-state index is 0.202. The highest BCUT2D eigenvalue weighted by Gasteiger charge is 2.24. The monoisotopic (exact) mass is 470 g/mol. The van der Waals surface area contributed by atoms with Crippen molar-refractivity contribution in [1.29, 1.82) is 0 Å². The fraction of sp³-hybridized carbons (Fsp3) is 0.227. The number of halogens is 2. The Labute approximate surface area is 182 Å². The van der Waals surface area contributed by atoms with E-state index < -0.39 is 0 Å². The molecule has 0 bridgehead atoms. The first-order chi connectivity index (χ1) is 14.0. The first kappa shape index (κ1) is 19.9. The number of aromatic nitrogens is 4. The molecule has 2 heterocycles. The highest BCUT2D eigenvalue weighted by Crippen LogP contribution is 2.35. The van der Waals surface area contributed by atoms with Crippen LogP contribution in [0.5, 0.6) is 0 Å². The third-order valence-electron chi connectivity index (χ3n) is 5.00. The fourth-order valence-corrected chi connectivity index (χ4v) is 3.63. The highest BCUT2D eigenvalue weighted by molar-refractivity contribution is 9.10. The molecule has 1 atom stereocenters. The lowest BCUT2D eigenvalue weighted by Crippen LogP contribution is -2.00. The third kappa shape index (κ3) is 3.74. The van der Waals surface area contributed by atoms with Gasteiger partial charge < -0.3 is 4.42 Å². The van der Waals surface area contributed by atoms with Gasteiger partial charge in [-0.2, -0.15) is 5.10 Å². The summed E-state index contributed by atoms with van der Waals surface area (Å²) in [5.74, 6) is 1.24. The molecule has 0 saturated carbocycles.